The number of hydrogen-bond acceptors (Lipinski definition) is 6. The van der Waals surface area contributed by atoms with Crippen LogP contribution in [0.2, 0.25) is 5.02 Å². The highest BCUT2D eigenvalue weighted by molar-refractivity contribution is 6.34. The first-order valence-electron chi connectivity index (χ1n) is 8.93. The number of rotatable bonds is 4. The molecule has 1 aliphatic rings. The fourth-order valence-corrected chi connectivity index (χ4v) is 3.40. The Bertz CT molecular complexity index is 1100. The molecule has 2 atom stereocenters. The molecule has 0 bridgehead atoms. The lowest BCUT2D eigenvalue weighted by Crippen LogP contribution is -2.46. The van der Waals surface area contributed by atoms with Crippen LogP contribution in [0.5, 0.6) is 5.75 Å². The molecule has 172 valence electrons. The van der Waals surface area contributed by atoms with Crippen LogP contribution in [0.4, 0.5) is 27.6 Å². The molecule has 32 heavy (non-hydrogen) atoms. The van der Waals surface area contributed by atoms with Gasteiger partial charge in [0.2, 0.25) is 0 Å². The van der Waals surface area contributed by atoms with Gasteiger partial charge in [-0.1, -0.05) is 11.6 Å². The monoisotopic (exact) mass is 478 g/mol. The molecule has 0 spiro atoms. The second-order valence-corrected chi connectivity index (χ2v) is 7.46. The van der Waals surface area contributed by atoms with Crippen LogP contribution >= 0.6 is 11.6 Å². The minimum Gasteiger partial charge on any atom is -0.495 e. The molecule has 2 aromatic rings. The summed E-state index contributed by atoms with van der Waals surface area (Å²) in [5, 5.41) is 2.21. The third kappa shape index (κ3) is 4.69. The Morgan fingerprint density at radius 2 is 2.03 bits per heavy atom. The highest BCUT2D eigenvalue weighted by atomic mass is 35.5. The van der Waals surface area contributed by atoms with E-state index in [-0.39, 0.29) is 22.2 Å². The van der Waals surface area contributed by atoms with Crippen LogP contribution in [-0.2, 0) is 10.3 Å². The second kappa shape index (κ2) is 8.41. The summed E-state index contributed by atoms with van der Waals surface area (Å²) in [6, 6.07) is 2.11. The van der Waals surface area contributed by atoms with Crippen LogP contribution in [0.3, 0.4) is 0 Å². The molecular formula is C19H16ClF5N4O3. The third-order valence-electron chi connectivity index (χ3n) is 4.70. The number of anilines is 1. The van der Waals surface area contributed by atoms with Crippen molar-refractivity contribution in [2.75, 3.05) is 12.4 Å². The van der Waals surface area contributed by atoms with E-state index < -0.39 is 53.4 Å². The van der Waals surface area contributed by atoms with Gasteiger partial charge in [-0.05, 0) is 13.0 Å². The van der Waals surface area contributed by atoms with Gasteiger partial charge < -0.3 is 20.5 Å². The average Bonchev–Trinajstić information content (AvgIpc) is 2.68. The van der Waals surface area contributed by atoms with Gasteiger partial charge in [0.1, 0.15) is 11.4 Å². The number of aromatic nitrogens is 1. The molecule has 1 aromatic carbocycles. The number of nitrogens with one attached hydrogen (secondary N) is 1. The van der Waals surface area contributed by atoms with E-state index in [0.717, 1.165) is 13.0 Å². The summed E-state index contributed by atoms with van der Waals surface area (Å²) in [4.78, 5) is 20.1. The van der Waals surface area contributed by atoms with Crippen LogP contribution in [0, 0.1) is 11.6 Å². The Morgan fingerprint density at radius 3 is 2.62 bits per heavy atom. The zero-order chi connectivity index (χ0) is 23.8. The lowest BCUT2D eigenvalue weighted by atomic mass is 9.85. The first-order valence-corrected chi connectivity index (χ1v) is 9.31. The van der Waals surface area contributed by atoms with Crippen LogP contribution in [-0.4, -0.2) is 36.3 Å². The Kier molecular flexibility index (Phi) is 6.18. The largest absolute Gasteiger partial charge is 0.495 e. The molecule has 1 amide bonds. The van der Waals surface area contributed by atoms with Crippen molar-refractivity contribution in [1.82, 2.24) is 4.98 Å². The molecule has 3 N–H and O–H groups in total. The van der Waals surface area contributed by atoms with Crippen LogP contribution in [0.25, 0.3) is 0 Å². The van der Waals surface area contributed by atoms with Crippen molar-refractivity contribution >= 4 is 29.2 Å². The molecule has 2 heterocycles. The van der Waals surface area contributed by atoms with Crippen molar-refractivity contribution in [1.29, 1.82) is 0 Å². The number of aliphatic imine (C=N–C) groups is 1. The Morgan fingerprint density at radius 1 is 1.34 bits per heavy atom. The summed E-state index contributed by atoms with van der Waals surface area (Å²) in [7, 11) is 1.37. The van der Waals surface area contributed by atoms with Crippen LogP contribution < -0.4 is 15.8 Å². The summed E-state index contributed by atoms with van der Waals surface area (Å²) in [5.41, 5.74) is 2.38. The third-order valence-corrected chi connectivity index (χ3v) is 4.99. The maximum Gasteiger partial charge on any atom is 0.425 e. The topological polar surface area (TPSA) is 98.8 Å². The number of hydrogen-bond donors (Lipinski definition) is 2. The van der Waals surface area contributed by atoms with Gasteiger partial charge in [0, 0.05) is 29.8 Å². The quantitative estimate of drug-likeness (QED) is 0.643. The minimum atomic E-state index is -4.82. The molecule has 13 heteroatoms. The van der Waals surface area contributed by atoms with Gasteiger partial charge in [-0.15, -0.1) is 0 Å². The number of carbonyl (C=O) groups excluding carboxylic acids is 1. The van der Waals surface area contributed by atoms with Crippen molar-refractivity contribution in [3.63, 3.8) is 0 Å². The normalized spacial score (nSPS) is 20.9. The minimum absolute atomic E-state index is 0.0774. The molecule has 0 saturated heterocycles. The predicted octanol–water partition coefficient (Wildman–Crippen LogP) is 4.16. The molecule has 0 saturated carbocycles. The van der Waals surface area contributed by atoms with Gasteiger partial charge in [-0.3, -0.25) is 4.79 Å². The number of methoxy groups -OCH3 is 1. The van der Waals surface area contributed by atoms with Crippen LogP contribution in [0.15, 0.2) is 29.4 Å². The fraction of sp³-hybridized carbons (Fsp3) is 0.316. The van der Waals surface area contributed by atoms with E-state index in [1.54, 1.807) is 0 Å². The van der Waals surface area contributed by atoms with E-state index in [2.05, 4.69) is 20.0 Å². The van der Waals surface area contributed by atoms with Crippen molar-refractivity contribution in [3.8, 4) is 5.75 Å². The van der Waals surface area contributed by atoms with Gasteiger partial charge in [0.25, 0.3) is 11.9 Å². The molecule has 0 radical (unpaired) electrons. The van der Waals surface area contributed by atoms with E-state index >= 15 is 0 Å². The summed E-state index contributed by atoms with van der Waals surface area (Å²) in [6.45, 7) is 1.15. The highest BCUT2D eigenvalue weighted by Crippen LogP contribution is 2.42. The summed E-state index contributed by atoms with van der Waals surface area (Å²) >= 11 is 5.99. The molecule has 1 aromatic heterocycles. The number of halogens is 6. The van der Waals surface area contributed by atoms with Crippen molar-refractivity contribution < 1.29 is 36.2 Å². The number of nitrogens with two attached hydrogens (primary N) is 1. The van der Waals surface area contributed by atoms with E-state index in [9.17, 15) is 26.7 Å². The second-order valence-electron chi connectivity index (χ2n) is 7.06. The SMILES string of the molecule is COc1cnc(C(=O)Nc2cc(F)c(F)c(C3(C)CC(C(F)(F)F)OC(N)=N3)c2)c(Cl)c1. The smallest absolute Gasteiger partial charge is 0.425 e. The van der Waals surface area contributed by atoms with Crippen molar-refractivity contribution in [2.24, 2.45) is 10.7 Å². The summed E-state index contributed by atoms with van der Waals surface area (Å²) in [6.07, 6.45) is -6.85. The van der Waals surface area contributed by atoms with Gasteiger partial charge in [-0.2, -0.15) is 13.2 Å². The lowest BCUT2D eigenvalue weighted by molar-refractivity contribution is -0.208. The molecule has 3 rings (SSSR count). The standard InChI is InChI=1S/C19H16ClF5N4O3/c1-18(6-13(19(23,24)25)32-17(26)29-18)10-3-8(4-12(21)14(10)22)28-16(30)15-11(20)5-9(31-2)7-27-15/h3-5,7,13H,6H2,1-2H3,(H2,26,29)(H,28,30). The number of pyridine rings is 1. The average molecular weight is 479 g/mol. The van der Waals surface area contributed by atoms with Crippen molar-refractivity contribution in [2.45, 2.75) is 31.2 Å². The number of amidine groups is 1. The summed E-state index contributed by atoms with van der Waals surface area (Å²) in [5.74, 6) is -3.45. The Balaban J connectivity index is 1.98. The Labute approximate surface area is 183 Å². The van der Waals surface area contributed by atoms with Crippen LogP contribution in [0.1, 0.15) is 29.4 Å². The van der Waals surface area contributed by atoms with E-state index in [1.807, 2.05) is 0 Å². The number of ether oxygens (including phenoxy) is 2. The molecule has 1 aliphatic heterocycles. The number of carbonyl (C=O) groups is 1. The molecule has 0 fully saturated rings. The lowest BCUT2D eigenvalue weighted by Gasteiger charge is -2.36. The number of amides is 1. The van der Waals surface area contributed by atoms with Gasteiger partial charge in [-0.25, -0.2) is 18.8 Å². The predicted molar refractivity (Wildman–Crippen MR) is 105 cm³/mol. The number of benzene rings is 1. The Hall–Kier alpha value is -3.15. The first-order chi connectivity index (χ1) is 14.8. The highest BCUT2D eigenvalue weighted by Gasteiger charge is 2.50. The fourth-order valence-electron chi connectivity index (χ4n) is 3.16. The molecule has 7 nitrogen and oxygen atoms in total. The number of nitrogens with zero attached hydrogens (tertiary/aromatic N) is 2. The van der Waals surface area contributed by atoms with E-state index in [0.29, 0.717) is 6.07 Å². The number of alkyl halides is 3. The molecule has 0 aliphatic carbocycles. The van der Waals surface area contributed by atoms with Gasteiger partial charge in [0.15, 0.2) is 17.7 Å². The zero-order valence-electron chi connectivity index (χ0n) is 16.6. The first kappa shape index (κ1) is 23.5. The van der Waals surface area contributed by atoms with Crippen molar-refractivity contribution in [3.05, 3.63) is 52.3 Å². The van der Waals surface area contributed by atoms with Gasteiger partial charge in [0.05, 0.1) is 23.9 Å². The molecular weight excluding hydrogens is 463 g/mol. The maximum absolute atomic E-state index is 14.6. The molecule has 2 unspecified atom stereocenters. The maximum atomic E-state index is 14.6. The summed E-state index contributed by atoms with van der Waals surface area (Å²) < 4.78 is 77.9. The van der Waals surface area contributed by atoms with E-state index in [1.165, 1.54) is 19.4 Å². The van der Waals surface area contributed by atoms with E-state index in [4.69, 9.17) is 22.1 Å². The van der Waals surface area contributed by atoms with Gasteiger partial charge >= 0.3 is 6.18 Å². The zero-order valence-corrected chi connectivity index (χ0v) is 17.3.